The maximum absolute atomic E-state index is 11.1. The highest BCUT2D eigenvalue weighted by Gasteiger charge is 2.45. The molecule has 3 heterocycles. The van der Waals surface area contributed by atoms with Crippen LogP contribution >= 0.6 is 0 Å². The lowest BCUT2D eigenvalue weighted by molar-refractivity contribution is -0.134. The van der Waals surface area contributed by atoms with E-state index in [4.69, 9.17) is 4.98 Å². The summed E-state index contributed by atoms with van der Waals surface area (Å²) in [7, 11) is 1.40. The molecule has 1 saturated heterocycles. The summed E-state index contributed by atoms with van der Waals surface area (Å²) in [5.41, 5.74) is 3.09. The average molecular weight is 385 g/mol. The fourth-order valence-electron chi connectivity index (χ4n) is 4.87. The monoisotopic (exact) mass is 384 g/mol. The van der Waals surface area contributed by atoms with E-state index < -0.39 is 0 Å². The molecule has 3 aliphatic rings. The zero-order valence-electron chi connectivity index (χ0n) is 16.9. The summed E-state index contributed by atoms with van der Waals surface area (Å²) in [6, 6.07) is 5.05. The molecule has 0 radical (unpaired) electrons. The molecule has 0 aromatic carbocycles. The second-order valence-corrected chi connectivity index (χ2v) is 8.56. The zero-order valence-corrected chi connectivity index (χ0v) is 16.9. The summed E-state index contributed by atoms with van der Waals surface area (Å²) in [6.07, 6.45) is 10.8. The van der Waals surface area contributed by atoms with Crippen molar-refractivity contribution in [3.8, 4) is 0 Å². The molecule has 152 valence electrons. The van der Waals surface area contributed by atoms with E-state index in [2.05, 4.69) is 32.4 Å². The number of nitrogens with one attached hydrogen (secondary N) is 2. The maximum Gasteiger partial charge on any atom is 0.330 e. The van der Waals surface area contributed by atoms with Crippen molar-refractivity contribution in [2.45, 2.75) is 51.1 Å². The fraction of sp³-hybridized carbons (Fsp3) is 0.636. The molecule has 4 rings (SSSR count). The number of carbonyl (C=O) groups is 1. The van der Waals surface area contributed by atoms with Gasteiger partial charge in [-0.15, -0.1) is 0 Å². The lowest BCUT2D eigenvalue weighted by Gasteiger charge is -2.52. The predicted octanol–water partition coefficient (Wildman–Crippen LogP) is 2.50. The molecule has 0 atom stereocenters. The Kier molecular flexibility index (Phi) is 5.97. The topological polar surface area (TPSA) is 66.5 Å². The largest absolute Gasteiger partial charge is 0.466 e. The Morgan fingerprint density at radius 1 is 1.39 bits per heavy atom. The van der Waals surface area contributed by atoms with Crippen LogP contribution in [0.5, 0.6) is 0 Å². The highest BCUT2D eigenvalue weighted by atomic mass is 16.5. The number of aromatic nitrogens is 1. The SMILES string of the molecule is COC(=O)/C=C/CNC1CC2(CCN(Cc3ccc4c(n3)NCCC4)CC2)C1. The first-order chi connectivity index (χ1) is 13.7. The maximum atomic E-state index is 11.1. The zero-order chi connectivity index (χ0) is 19.4. The Hall–Kier alpha value is -1.92. The van der Waals surface area contributed by atoms with Gasteiger partial charge in [0, 0.05) is 31.8 Å². The Morgan fingerprint density at radius 2 is 2.21 bits per heavy atom. The van der Waals surface area contributed by atoms with E-state index in [9.17, 15) is 4.79 Å². The molecule has 1 aliphatic carbocycles. The number of methoxy groups -OCH3 is 1. The molecule has 0 amide bonds. The van der Waals surface area contributed by atoms with E-state index in [1.807, 2.05) is 6.08 Å². The number of ether oxygens (including phenoxy) is 1. The highest BCUT2D eigenvalue weighted by molar-refractivity contribution is 5.81. The Morgan fingerprint density at radius 3 is 3.00 bits per heavy atom. The van der Waals surface area contributed by atoms with E-state index in [0.717, 1.165) is 31.9 Å². The lowest BCUT2D eigenvalue weighted by atomic mass is 9.60. The normalized spacial score (nSPS) is 21.9. The molecule has 1 aromatic rings. The van der Waals surface area contributed by atoms with Crippen molar-refractivity contribution >= 4 is 11.8 Å². The van der Waals surface area contributed by atoms with Crippen molar-refractivity contribution in [3.63, 3.8) is 0 Å². The van der Waals surface area contributed by atoms with Crippen LogP contribution in [0.25, 0.3) is 0 Å². The first kappa shape index (κ1) is 19.4. The van der Waals surface area contributed by atoms with Crippen LogP contribution in [-0.2, 0) is 22.5 Å². The van der Waals surface area contributed by atoms with Gasteiger partial charge in [0.1, 0.15) is 5.82 Å². The molecule has 1 aromatic heterocycles. The minimum atomic E-state index is -0.288. The van der Waals surface area contributed by atoms with Crippen molar-refractivity contribution in [1.82, 2.24) is 15.2 Å². The van der Waals surface area contributed by atoms with E-state index >= 15 is 0 Å². The number of piperidine rings is 1. The number of pyridine rings is 1. The first-order valence-electron chi connectivity index (χ1n) is 10.6. The van der Waals surface area contributed by atoms with Gasteiger partial charge in [0.15, 0.2) is 0 Å². The van der Waals surface area contributed by atoms with Crippen molar-refractivity contribution in [2.75, 3.05) is 38.6 Å². The Bertz CT molecular complexity index is 717. The second-order valence-electron chi connectivity index (χ2n) is 8.56. The molecule has 6 heteroatoms. The molecule has 1 spiro atoms. The second kappa shape index (κ2) is 8.62. The van der Waals surface area contributed by atoms with Crippen molar-refractivity contribution in [2.24, 2.45) is 5.41 Å². The van der Waals surface area contributed by atoms with Crippen LogP contribution < -0.4 is 10.6 Å². The first-order valence-corrected chi connectivity index (χ1v) is 10.6. The lowest BCUT2D eigenvalue weighted by Crippen LogP contribution is -2.53. The predicted molar refractivity (Wildman–Crippen MR) is 110 cm³/mol. The summed E-state index contributed by atoms with van der Waals surface area (Å²) in [5, 5.41) is 6.96. The van der Waals surface area contributed by atoms with Crippen LogP contribution in [0.3, 0.4) is 0 Å². The summed E-state index contributed by atoms with van der Waals surface area (Å²) in [6.45, 7) is 5.08. The third-order valence-corrected chi connectivity index (χ3v) is 6.59. The molecule has 0 unspecified atom stereocenters. The molecular weight excluding hydrogens is 352 g/mol. The molecule has 2 fully saturated rings. The quantitative estimate of drug-likeness (QED) is 0.580. The van der Waals surface area contributed by atoms with Gasteiger partial charge in [-0.05, 0) is 68.7 Å². The van der Waals surface area contributed by atoms with E-state index in [-0.39, 0.29) is 5.97 Å². The molecule has 6 nitrogen and oxygen atoms in total. The number of hydrogen-bond donors (Lipinski definition) is 2. The standard InChI is InChI=1S/C22H32N4O2/c1-28-20(27)5-3-10-23-19-14-22(15-19)8-12-26(13-9-22)16-18-7-6-17-4-2-11-24-21(17)25-18/h3,5-7,19,23H,2,4,8-16H2,1H3,(H,24,25)/b5-3+. The Labute approximate surface area is 167 Å². The van der Waals surface area contributed by atoms with Gasteiger partial charge in [0.05, 0.1) is 12.8 Å². The van der Waals surface area contributed by atoms with Crippen LogP contribution in [0.15, 0.2) is 24.3 Å². The number of nitrogens with zero attached hydrogens (tertiary/aromatic N) is 2. The summed E-state index contributed by atoms with van der Waals surface area (Å²) >= 11 is 0. The third-order valence-electron chi connectivity index (χ3n) is 6.59. The van der Waals surface area contributed by atoms with Gasteiger partial charge in [-0.25, -0.2) is 9.78 Å². The van der Waals surface area contributed by atoms with Crippen molar-refractivity contribution in [3.05, 3.63) is 35.5 Å². The summed E-state index contributed by atoms with van der Waals surface area (Å²) < 4.78 is 4.60. The average Bonchev–Trinajstić information content (AvgIpc) is 2.70. The molecule has 28 heavy (non-hydrogen) atoms. The number of hydrogen-bond acceptors (Lipinski definition) is 6. The van der Waals surface area contributed by atoms with Crippen molar-refractivity contribution < 1.29 is 9.53 Å². The number of fused-ring (bicyclic) bond motifs is 1. The third kappa shape index (κ3) is 4.55. The van der Waals surface area contributed by atoms with Gasteiger partial charge in [-0.2, -0.15) is 0 Å². The summed E-state index contributed by atoms with van der Waals surface area (Å²) in [4.78, 5) is 18.5. The smallest absolute Gasteiger partial charge is 0.330 e. The number of esters is 1. The van der Waals surface area contributed by atoms with E-state index in [1.165, 1.54) is 69.6 Å². The van der Waals surface area contributed by atoms with Gasteiger partial charge in [-0.1, -0.05) is 12.1 Å². The van der Waals surface area contributed by atoms with Gasteiger partial charge in [-0.3, -0.25) is 4.90 Å². The van der Waals surface area contributed by atoms with Crippen molar-refractivity contribution in [1.29, 1.82) is 0 Å². The van der Waals surface area contributed by atoms with Crippen LogP contribution in [0, 0.1) is 5.41 Å². The fourth-order valence-corrected chi connectivity index (χ4v) is 4.87. The molecule has 0 bridgehead atoms. The molecule has 1 saturated carbocycles. The minimum Gasteiger partial charge on any atom is -0.466 e. The van der Waals surface area contributed by atoms with Gasteiger partial charge in [0.25, 0.3) is 0 Å². The molecule has 2 aliphatic heterocycles. The Balaban J connectivity index is 1.18. The minimum absolute atomic E-state index is 0.288. The molecular formula is C22H32N4O2. The van der Waals surface area contributed by atoms with Crippen LogP contribution in [0.2, 0.25) is 0 Å². The number of anilines is 1. The number of aryl methyl sites for hydroxylation is 1. The summed E-state index contributed by atoms with van der Waals surface area (Å²) in [5.74, 6) is 0.815. The van der Waals surface area contributed by atoms with Gasteiger partial charge in [0.2, 0.25) is 0 Å². The van der Waals surface area contributed by atoms with Crippen LogP contribution in [-0.4, -0.2) is 55.2 Å². The number of carbonyl (C=O) groups excluding carboxylic acids is 1. The number of likely N-dealkylation sites (tertiary alicyclic amines) is 1. The highest BCUT2D eigenvalue weighted by Crippen LogP contribution is 2.49. The van der Waals surface area contributed by atoms with Gasteiger partial charge >= 0.3 is 5.97 Å². The van der Waals surface area contributed by atoms with Crippen LogP contribution in [0.1, 0.15) is 43.4 Å². The van der Waals surface area contributed by atoms with Crippen LogP contribution in [0.4, 0.5) is 5.82 Å². The number of rotatable bonds is 6. The van der Waals surface area contributed by atoms with E-state index in [0.29, 0.717) is 11.5 Å². The van der Waals surface area contributed by atoms with Gasteiger partial charge < -0.3 is 15.4 Å². The molecule has 2 N–H and O–H groups in total. The van der Waals surface area contributed by atoms with E-state index in [1.54, 1.807) is 0 Å².